The molecule has 1 heterocycles. The van der Waals surface area contributed by atoms with Gasteiger partial charge in [0, 0.05) is 23.7 Å². The second kappa shape index (κ2) is 9.54. The smallest absolute Gasteiger partial charge is 0.340 e. The summed E-state index contributed by atoms with van der Waals surface area (Å²) >= 11 is 5.84. The molecule has 0 aliphatic carbocycles. The molecule has 1 aliphatic rings. The number of morpholine rings is 1. The number of hydrogen-bond donors (Lipinski definition) is 1. The van der Waals surface area contributed by atoms with Crippen LogP contribution in [0, 0.1) is 0 Å². The number of anilines is 1. The van der Waals surface area contributed by atoms with Gasteiger partial charge >= 0.3 is 5.97 Å². The third-order valence-electron chi connectivity index (χ3n) is 4.42. The molecular formula is C21H21ClN2O5. The van der Waals surface area contributed by atoms with Gasteiger partial charge in [0.25, 0.3) is 11.8 Å². The van der Waals surface area contributed by atoms with Crippen LogP contribution in [-0.4, -0.2) is 55.1 Å². The summed E-state index contributed by atoms with van der Waals surface area (Å²) in [6.45, 7) is 2.90. The number of carbonyl (C=O) groups is 3. The van der Waals surface area contributed by atoms with Crippen molar-refractivity contribution in [2.75, 3.05) is 31.6 Å². The molecule has 0 aromatic heterocycles. The summed E-state index contributed by atoms with van der Waals surface area (Å²) in [5.74, 6) is -1.36. The predicted octanol–water partition coefficient (Wildman–Crippen LogP) is 3.00. The van der Waals surface area contributed by atoms with E-state index in [0.29, 0.717) is 36.0 Å². The Morgan fingerprint density at radius 2 is 1.90 bits per heavy atom. The van der Waals surface area contributed by atoms with Gasteiger partial charge < -0.3 is 19.7 Å². The van der Waals surface area contributed by atoms with Crippen LogP contribution in [0.3, 0.4) is 0 Å². The molecule has 1 atom stereocenters. The number of nitrogens with zero attached hydrogens (tertiary/aromatic N) is 1. The van der Waals surface area contributed by atoms with E-state index in [1.165, 1.54) is 6.07 Å². The first-order chi connectivity index (χ1) is 13.9. The van der Waals surface area contributed by atoms with Crippen molar-refractivity contribution in [3.8, 4) is 0 Å². The van der Waals surface area contributed by atoms with Crippen LogP contribution >= 0.6 is 11.6 Å². The standard InChI is InChI=1S/C21H21ClN2O5/c1-14-12-24(10-11-28-14)19(25)13-29-21(27)17-4-2-3-5-18(17)23-20(26)15-6-8-16(22)9-7-15/h2-9,14H,10-13H2,1H3,(H,23,26)/t14-/m1/s1. The fourth-order valence-electron chi connectivity index (χ4n) is 2.91. The molecule has 29 heavy (non-hydrogen) atoms. The highest BCUT2D eigenvalue weighted by Crippen LogP contribution is 2.18. The molecular weight excluding hydrogens is 396 g/mol. The zero-order chi connectivity index (χ0) is 20.8. The molecule has 152 valence electrons. The van der Waals surface area contributed by atoms with Crippen LogP contribution in [0.25, 0.3) is 0 Å². The van der Waals surface area contributed by atoms with Crippen molar-refractivity contribution in [1.29, 1.82) is 0 Å². The van der Waals surface area contributed by atoms with Crippen molar-refractivity contribution in [2.24, 2.45) is 0 Å². The fraction of sp³-hybridized carbons (Fsp3) is 0.286. The SMILES string of the molecule is C[C@@H]1CN(C(=O)COC(=O)c2ccccc2NC(=O)c2ccc(Cl)cc2)CCO1. The topological polar surface area (TPSA) is 84.9 Å². The summed E-state index contributed by atoms with van der Waals surface area (Å²) in [6.07, 6.45) is -0.0489. The molecule has 2 aromatic rings. The van der Waals surface area contributed by atoms with Gasteiger partial charge in [-0.1, -0.05) is 23.7 Å². The lowest BCUT2D eigenvalue weighted by Crippen LogP contribution is -2.46. The highest BCUT2D eigenvalue weighted by molar-refractivity contribution is 6.30. The van der Waals surface area contributed by atoms with E-state index in [2.05, 4.69) is 5.32 Å². The Labute approximate surface area is 173 Å². The molecule has 1 aliphatic heterocycles. The van der Waals surface area contributed by atoms with Crippen LogP contribution < -0.4 is 5.32 Å². The van der Waals surface area contributed by atoms with Crippen LogP contribution in [0.4, 0.5) is 5.69 Å². The predicted molar refractivity (Wildman–Crippen MR) is 108 cm³/mol. The quantitative estimate of drug-likeness (QED) is 0.757. The molecule has 1 N–H and O–H groups in total. The Kier molecular flexibility index (Phi) is 6.85. The molecule has 2 aromatic carbocycles. The molecule has 0 spiro atoms. The third kappa shape index (κ3) is 5.56. The van der Waals surface area contributed by atoms with E-state index in [9.17, 15) is 14.4 Å². The minimum atomic E-state index is -0.688. The lowest BCUT2D eigenvalue weighted by Gasteiger charge is -2.30. The summed E-state index contributed by atoms with van der Waals surface area (Å²) in [5, 5.41) is 3.21. The maximum absolute atomic E-state index is 12.5. The number of amides is 2. The van der Waals surface area contributed by atoms with E-state index in [1.807, 2.05) is 6.92 Å². The number of hydrogen-bond acceptors (Lipinski definition) is 5. The first kappa shape index (κ1) is 20.8. The Morgan fingerprint density at radius 3 is 2.62 bits per heavy atom. The van der Waals surface area contributed by atoms with Crippen LogP contribution in [0.15, 0.2) is 48.5 Å². The number of nitrogens with one attached hydrogen (secondary N) is 1. The Bertz CT molecular complexity index is 900. The number of para-hydroxylation sites is 1. The largest absolute Gasteiger partial charge is 0.452 e. The molecule has 0 bridgehead atoms. The fourth-order valence-corrected chi connectivity index (χ4v) is 3.03. The number of benzene rings is 2. The minimum Gasteiger partial charge on any atom is -0.452 e. The van der Waals surface area contributed by atoms with Crippen molar-refractivity contribution >= 4 is 35.1 Å². The Balaban J connectivity index is 1.63. The van der Waals surface area contributed by atoms with E-state index in [-0.39, 0.29) is 30.1 Å². The second-order valence-corrected chi connectivity index (χ2v) is 7.04. The van der Waals surface area contributed by atoms with E-state index < -0.39 is 5.97 Å². The van der Waals surface area contributed by atoms with E-state index in [1.54, 1.807) is 47.4 Å². The zero-order valence-corrected chi connectivity index (χ0v) is 16.6. The lowest BCUT2D eigenvalue weighted by molar-refractivity contribution is -0.141. The van der Waals surface area contributed by atoms with Crippen LogP contribution in [0.5, 0.6) is 0 Å². The first-order valence-electron chi connectivity index (χ1n) is 9.16. The monoisotopic (exact) mass is 416 g/mol. The maximum Gasteiger partial charge on any atom is 0.340 e. The normalized spacial score (nSPS) is 16.2. The average molecular weight is 417 g/mol. The molecule has 8 heteroatoms. The highest BCUT2D eigenvalue weighted by atomic mass is 35.5. The summed E-state index contributed by atoms with van der Waals surface area (Å²) in [5.41, 5.74) is 0.858. The minimum absolute atomic E-state index is 0.0489. The number of esters is 1. The average Bonchev–Trinajstić information content (AvgIpc) is 2.72. The summed E-state index contributed by atoms with van der Waals surface area (Å²) in [4.78, 5) is 38.8. The van der Waals surface area contributed by atoms with Gasteiger partial charge in [-0.3, -0.25) is 9.59 Å². The number of halogens is 1. The third-order valence-corrected chi connectivity index (χ3v) is 4.67. The molecule has 2 amide bonds. The van der Waals surface area contributed by atoms with Gasteiger partial charge in [0.2, 0.25) is 0 Å². The first-order valence-corrected chi connectivity index (χ1v) is 9.54. The van der Waals surface area contributed by atoms with Gasteiger partial charge in [0.05, 0.1) is 24.0 Å². The summed E-state index contributed by atoms with van der Waals surface area (Å²) in [7, 11) is 0. The lowest BCUT2D eigenvalue weighted by atomic mass is 10.1. The number of rotatable bonds is 5. The second-order valence-electron chi connectivity index (χ2n) is 6.60. The van der Waals surface area contributed by atoms with Gasteiger partial charge in [0.15, 0.2) is 6.61 Å². The zero-order valence-electron chi connectivity index (χ0n) is 15.9. The van der Waals surface area contributed by atoms with Crippen molar-refractivity contribution < 1.29 is 23.9 Å². The van der Waals surface area contributed by atoms with Gasteiger partial charge in [-0.05, 0) is 43.3 Å². The van der Waals surface area contributed by atoms with E-state index in [4.69, 9.17) is 21.1 Å². The molecule has 0 radical (unpaired) electrons. The van der Waals surface area contributed by atoms with Gasteiger partial charge in [-0.15, -0.1) is 0 Å². The van der Waals surface area contributed by atoms with Crippen molar-refractivity contribution in [1.82, 2.24) is 4.90 Å². The number of carbonyl (C=O) groups excluding carboxylic acids is 3. The maximum atomic E-state index is 12.5. The van der Waals surface area contributed by atoms with Crippen molar-refractivity contribution in [2.45, 2.75) is 13.0 Å². The van der Waals surface area contributed by atoms with Crippen LogP contribution in [0.2, 0.25) is 5.02 Å². The molecule has 0 saturated carbocycles. The van der Waals surface area contributed by atoms with Crippen LogP contribution in [-0.2, 0) is 14.3 Å². The van der Waals surface area contributed by atoms with E-state index in [0.717, 1.165) is 0 Å². The molecule has 7 nitrogen and oxygen atoms in total. The van der Waals surface area contributed by atoms with Gasteiger partial charge in [0.1, 0.15) is 0 Å². The summed E-state index contributed by atoms with van der Waals surface area (Å²) in [6, 6.07) is 12.8. The van der Waals surface area contributed by atoms with Crippen molar-refractivity contribution in [3.63, 3.8) is 0 Å². The molecule has 1 fully saturated rings. The Morgan fingerprint density at radius 1 is 1.17 bits per heavy atom. The van der Waals surface area contributed by atoms with Gasteiger partial charge in [-0.25, -0.2) is 4.79 Å². The van der Waals surface area contributed by atoms with Crippen LogP contribution in [0.1, 0.15) is 27.6 Å². The van der Waals surface area contributed by atoms with E-state index >= 15 is 0 Å². The molecule has 0 unspecified atom stereocenters. The van der Waals surface area contributed by atoms with Gasteiger partial charge in [-0.2, -0.15) is 0 Å². The Hall–Kier alpha value is -2.90. The highest BCUT2D eigenvalue weighted by Gasteiger charge is 2.23. The van der Waals surface area contributed by atoms with Crippen molar-refractivity contribution in [3.05, 3.63) is 64.7 Å². The summed E-state index contributed by atoms with van der Waals surface area (Å²) < 4.78 is 10.6. The molecule has 3 rings (SSSR count). The molecule has 1 saturated heterocycles. The number of ether oxygens (including phenoxy) is 2.